The first-order valence-electron chi connectivity index (χ1n) is 8.28. The van der Waals surface area contributed by atoms with E-state index in [0.717, 1.165) is 23.3 Å². The number of carbonyl (C=O) groups excluding carboxylic acids is 1. The van der Waals surface area contributed by atoms with Crippen molar-refractivity contribution in [3.63, 3.8) is 0 Å². The second kappa shape index (κ2) is 7.52. The van der Waals surface area contributed by atoms with Crippen LogP contribution in [0.4, 0.5) is 0 Å². The molecule has 1 spiro atoms. The van der Waals surface area contributed by atoms with Gasteiger partial charge in [-0.05, 0) is 44.9 Å². The van der Waals surface area contributed by atoms with E-state index >= 15 is 0 Å². The van der Waals surface area contributed by atoms with Gasteiger partial charge in [0.1, 0.15) is 0 Å². The van der Waals surface area contributed by atoms with Crippen LogP contribution in [0.1, 0.15) is 59.3 Å². The van der Waals surface area contributed by atoms with Gasteiger partial charge in [0, 0.05) is 23.8 Å². The molecule has 2 rings (SSSR count). The van der Waals surface area contributed by atoms with Crippen LogP contribution in [0.25, 0.3) is 0 Å². The van der Waals surface area contributed by atoms with E-state index < -0.39 is 0 Å². The minimum Gasteiger partial charge on any atom is -0.359 e. The molecule has 0 aromatic carbocycles. The number of carbonyl (C=O) groups is 1. The van der Waals surface area contributed by atoms with E-state index in [1.54, 1.807) is 0 Å². The third-order valence-electron chi connectivity index (χ3n) is 4.70. The average Bonchev–Trinajstić information content (AvgIpc) is 2.85. The molecule has 1 heterocycles. The number of nitrogens with one attached hydrogen (secondary N) is 2. The lowest BCUT2D eigenvalue weighted by Crippen LogP contribution is -2.46. The van der Waals surface area contributed by atoms with Crippen molar-refractivity contribution < 1.29 is 4.79 Å². The average molecular weight is 311 g/mol. The smallest absolute Gasteiger partial charge is 0.222 e. The third-order valence-corrected chi connectivity index (χ3v) is 5.90. The van der Waals surface area contributed by atoms with Gasteiger partial charge in [-0.3, -0.25) is 9.79 Å². The molecule has 0 aromatic heterocycles. The molecule has 0 aromatic rings. The summed E-state index contributed by atoms with van der Waals surface area (Å²) in [7, 11) is 0. The normalized spacial score (nSPS) is 32.1. The Morgan fingerprint density at radius 1 is 1.52 bits per heavy atom. The molecule has 21 heavy (non-hydrogen) atoms. The van der Waals surface area contributed by atoms with Gasteiger partial charge >= 0.3 is 0 Å². The predicted octanol–water partition coefficient (Wildman–Crippen LogP) is 2.93. The molecule has 1 saturated carbocycles. The number of hydrogen-bond acceptors (Lipinski definition) is 3. The van der Waals surface area contributed by atoms with Gasteiger partial charge in [-0.2, -0.15) is 0 Å². The molecular weight excluding hydrogens is 282 g/mol. The fraction of sp³-hybridized carbons (Fsp3) is 0.875. The molecule has 1 aliphatic heterocycles. The maximum absolute atomic E-state index is 11.7. The van der Waals surface area contributed by atoms with Crippen molar-refractivity contribution in [3.8, 4) is 0 Å². The largest absolute Gasteiger partial charge is 0.359 e. The lowest BCUT2D eigenvalue weighted by molar-refractivity contribution is -0.121. The van der Waals surface area contributed by atoms with Crippen molar-refractivity contribution in [1.29, 1.82) is 0 Å². The summed E-state index contributed by atoms with van der Waals surface area (Å²) >= 11 is 1.83. The Bertz CT molecular complexity index is 389. The highest BCUT2D eigenvalue weighted by Crippen LogP contribution is 2.38. The van der Waals surface area contributed by atoms with Crippen LogP contribution in [0.2, 0.25) is 0 Å². The molecule has 1 aliphatic carbocycles. The van der Waals surface area contributed by atoms with E-state index in [-0.39, 0.29) is 17.5 Å². The predicted molar refractivity (Wildman–Crippen MR) is 90.8 cm³/mol. The van der Waals surface area contributed by atoms with Crippen LogP contribution in [0.3, 0.4) is 0 Å². The monoisotopic (exact) mass is 311 g/mol. The van der Waals surface area contributed by atoms with E-state index in [0.29, 0.717) is 13.0 Å². The zero-order valence-corrected chi connectivity index (χ0v) is 14.4. The van der Waals surface area contributed by atoms with Crippen LogP contribution in [0.15, 0.2) is 4.99 Å². The molecule has 1 atom stereocenters. The van der Waals surface area contributed by atoms with Crippen molar-refractivity contribution in [2.75, 3.05) is 12.3 Å². The maximum atomic E-state index is 11.7. The molecule has 1 saturated heterocycles. The zero-order valence-electron chi connectivity index (χ0n) is 13.6. The summed E-state index contributed by atoms with van der Waals surface area (Å²) in [5.74, 6) is 2.11. The molecule has 5 heteroatoms. The van der Waals surface area contributed by atoms with Crippen LogP contribution in [-0.2, 0) is 4.79 Å². The van der Waals surface area contributed by atoms with Gasteiger partial charge in [0.2, 0.25) is 5.91 Å². The second-order valence-electron chi connectivity index (χ2n) is 6.69. The Hall–Kier alpha value is -0.710. The SMILES string of the molecule is CCC(C)NC(=O)CCN=C1NC2(CCC(C)CC2)CS1. The number of aliphatic imine (C=N–C) groups is 1. The topological polar surface area (TPSA) is 53.5 Å². The van der Waals surface area contributed by atoms with E-state index in [4.69, 9.17) is 0 Å². The summed E-state index contributed by atoms with van der Waals surface area (Å²) in [6.45, 7) is 7.05. The van der Waals surface area contributed by atoms with Gasteiger partial charge in [0.05, 0.1) is 6.54 Å². The molecule has 1 unspecified atom stereocenters. The Labute approximate surface area is 132 Å². The van der Waals surface area contributed by atoms with Crippen molar-refractivity contribution in [2.24, 2.45) is 10.9 Å². The number of thioether (sulfide) groups is 1. The van der Waals surface area contributed by atoms with E-state index in [1.165, 1.54) is 25.7 Å². The van der Waals surface area contributed by atoms with E-state index in [2.05, 4.69) is 29.5 Å². The molecule has 2 fully saturated rings. The highest BCUT2D eigenvalue weighted by atomic mass is 32.2. The summed E-state index contributed by atoms with van der Waals surface area (Å²) in [5, 5.41) is 7.66. The summed E-state index contributed by atoms with van der Waals surface area (Å²) in [5.41, 5.74) is 0.287. The van der Waals surface area contributed by atoms with Crippen molar-refractivity contribution in [1.82, 2.24) is 10.6 Å². The number of rotatable bonds is 5. The summed E-state index contributed by atoms with van der Waals surface area (Å²) < 4.78 is 0. The van der Waals surface area contributed by atoms with Crippen LogP contribution < -0.4 is 10.6 Å². The van der Waals surface area contributed by atoms with Gasteiger partial charge in [0.15, 0.2) is 5.17 Å². The van der Waals surface area contributed by atoms with Gasteiger partial charge in [-0.1, -0.05) is 25.6 Å². The first-order valence-corrected chi connectivity index (χ1v) is 9.26. The van der Waals surface area contributed by atoms with Crippen LogP contribution in [-0.4, -0.2) is 35.0 Å². The summed E-state index contributed by atoms with van der Waals surface area (Å²) in [4.78, 5) is 16.3. The van der Waals surface area contributed by atoms with Crippen LogP contribution in [0, 0.1) is 5.92 Å². The fourth-order valence-corrected chi connectivity index (χ4v) is 4.13. The molecule has 2 aliphatic rings. The molecular formula is C16H29N3OS. The Balaban J connectivity index is 1.73. The highest BCUT2D eigenvalue weighted by molar-refractivity contribution is 8.14. The number of amidine groups is 1. The van der Waals surface area contributed by atoms with Crippen molar-refractivity contribution in [3.05, 3.63) is 0 Å². The van der Waals surface area contributed by atoms with Crippen LogP contribution >= 0.6 is 11.8 Å². The van der Waals surface area contributed by atoms with Gasteiger partial charge in [-0.25, -0.2) is 0 Å². The molecule has 120 valence electrons. The summed E-state index contributed by atoms with van der Waals surface area (Å²) in [6.07, 6.45) is 6.61. The minimum atomic E-state index is 0.109. The molecule has 0 radical (unpaired) electrons. The Morgan fingerprint density at radius 2 is 2.24 bits per heavy atom. The van der Waals surface area contributed by atoms with Crippen LogP contribution in [0.5, 0.6) is 0 Å². The highest BCUT2D eigenvalue weighted by Gasteiger charge is 2.39. The molecule has 2 N–H and O–H groups in total. The van der Waals surface area contributed by atoms with Gasteiger partial charge in [-0.15, -0.1) is 0 Å². The number of amides is 1. The van der Waals surface area contributed by atoms with E-state index in [9.17, 15) is 4.79 Å². The summed E-state index contributed by atoms with van der Waals surface area (Å²) in [6, 6.07) is 0.261. The molecule has 1 amide bonds. The van der Waals surface area contributed by atoms with Crippen molar-refractivity contribution >= 4 is 22.8 Å². The Kier molecular flexibility index (Phi) is 5.97. The second-order valence-corrected chi connectivity index (χ2v) is 7.65. The molecule has 4 nitrogen and oxygen atoms in total. The number of hydrogen-bond donors (Lipinski definition) is 2. The fourth-order valence-electron chi connectivity index (χ4n) is 2.88. The minimum absolute atomic E-state index is 0.109. The zero-order chi connectivity index (χ0) is 15.3. The quantitative estimate of drug-likeness (QED) is 0.821. The maximum Gasteiger partial charge on any atom is 0.222 e. The lowest BCUT2D eigenvalue weighted by atomic mass is 9.78. The van der Waals surface area contributed by atoms with E-state index in [1.807, 2.05) is 18.7 Å². The standard InChI is InChI=1S/C16H29N3OS/c1-4-13(3)18-14(20)7-10-17-15-19-16(11-21-15)8-5-12(2)6-9-16/h12-13H,4-11H2,1-3H3,(H,17,19)(H,18,20). The van der Waals surface area contributed by atoms with Gasteiger partial charge in [0.25, 0.3) is 0 Å². The number of nitrogens with zero attached hydrogens (tertiary/aromatic N) is 1. The third kappa shape index (κ3) is 4.90. The first-order chi connectivity index (χ1) is 10.0. The lowest BCUT2D eigenvalue weighted by Gasteiger charge is -2.35. The molecule has 0 bridgehead atoms. The van der Waals surface area contributed by atoms with Crippen molar-refractivity contribution in [2.45, 2.75) is 70.9 Å². The Morgan fingerprint density at radius 3 is 2.90 bits per heavy atom. The van der Waals surface area contributed by atoms with Gasteiger partial charge < -0.3 is 10.6 Å². The first kappa shape index (κ1) is 16.7.